The van der Waals surface area contributed by atoms with E-state index in [2.05, 4.69) is 15.3 Å². The summed E-state index contributed by atoms with van der Waals surface area (Å²) >= 11 is 0. The molecular formula is C25H19N5O4. The number of guanidine groups is 1. The van der Waals surface area contributed by atoms with E-state index >= 15 is 0 Å². The third-order valence-corrected chi connectivity index (χ3v) is 5.46. The van der Waals surface area contributed by atoms with Gasteiger partial charge >= 0.3 is 6.01 Å². The lowest BCUT2D eigenvalue weighted by Gasteiger charge is -2.25. The van der Waals surface area contributed by atoms with Gasteiger partial charge in [-0.05, 0) is 29.8 Å². The molecule has 0 spiro atoms. The lowest BCUT2D eigenvalue weighted by atomic mass is 10.0. The number of benzene rings is 3. The number of hydrogen-bond acceptors (Lipinski definition) is 6. The number of rotatable bonds is 5. The number of carbonyl (C=O) groups excluding carboxylic acids is 3. The lowest BCUT2D eigenvalue weighted by molar-refractivity contribution is -0.123. The summed E-state index contributed by atoms with van der Waals surface area (Å²) in [7, 11) is 0. The molecule has 0 bridgehead atoms. The van der Waals surface area contributed by atoms with Crippen molar-refractivity contribution < 1.29 is 18.8 Å². The predicted molar refractivity (Wildman–Crippen MR) is 124 cm³/mol. The van der Waals surface area contributed by atoms with Gasteiger partial charge in [0.05, 0.1) is 11.1 Å². The van der Waals surface area contributed by atoms with Crippen molar-refractivity contribution in [1.82, 2.24) is 15.2 Å². The highest BCUT2D eigenvalue weighted by molar-refractivity contribution is 6.23. The quantitative estimate of drug-likeness (QED) is 0.271. The Morgan fingerprint density at radius 2 is 1.56 bits per heavy atom. The number of aliphatic imine (C=N–C) groups is 1. The van der Waals surface area contributed by atoms with E-state index in [1.54, 1.807) is 48.5 Å². The normalized spacial score (nSPS) is 14.4. The Labute approximate surface area is 193 Å². The topological polar surface area (TPSA) is 131 Å². The molecule has 2 heterocycles. The lowest BCUT2D eigenvalue weighted by Crippen LogP contribution is -2.53. The van der Waals surface area contributed by atoms with Gasteiger partial charge in [0.25, 0.3) is 11.8 Å². The zero-order valence-electron chi connectivity index (χ0n) is 17.8. The molecule has 0 radical (unpaired) electrons. The maximum absolute atomic E-state index is 13.3. The van der Waals surface area contributed by atoms with Gasteiger partial charge < -0.3 is 10.2 Å². The summed E-state index contributed by atoms with van der Waals surface area (Å²) in [5, 5.41) is 2.48. The van der Waals surface area contributed by atoms with Crippen LogP contribution in [0.1, 0.15) is 26.3 Å². The Hall–Kier alpha value is -4.79. The number of nitrogens with one attached hydrogen (secondary N) is 1. The molecule has 34 heavy (non-hydrogen) atoms. The predicted octanol–water partition coefficient (Wildman–Crippen LogP) is 2.80. The average Bonchev–Trinajstić information content (AvgIpc) is 3.36. The first-order valence-corrected chi connectivity index (χ1v) is 10.5. The van der Waals surface area contributed by atoms with Gasteiger partial charge in [-0.1, -0.05) is 54.6 Å². The summed E-state index contributed by atoms with van der Waals surface area (Å²) in [6.07, 6.45) is 0.105. The van der Waals surface area contributed by atoms with Crippen molar-refractivity contribution in [1.29, 1.82) is 0 Å². The third kappa shape index (κ3) is 3.90. The Morgan fingerprint density at radius 1 is 0.941 bits per heavy atom. The van der Waals surface area contributed by atoms with Crippen LogP contribution >= 0.6 is 0 Å². The second-order valence-electron chi connectivity index (χ2n) is 7.68. The number of oxazole rings is 1. The smallest absolute Gasteiger partial charge is 0.325 e. The van der Waals surface area contributed by atoms with Crippen molar-refractivity contribution in [3.05, 3.63) is 95.6 Å². The molecule has 9 nitrogen and oxygen atoms in total. The van der Waals surface area contributed by atoms with Crippen LogP contribution in [-0.4, -0.2) is 39.6 Å². The number of nitrogens with two attached hydrogens (primary N) is 1. The van der Waals surface area contributed by atoms with Gasteiger partial charge in [-0.15, -0.1) is 0 Å². The van der Waals surface area contributed by atoms with Crippen LogP contribution in [0, 0.1) is 0 Å². The van der Waals surface area contributed by atoms with E-state index < -0.39 is 23.8 Å². The molecule has 3 amide bonds. The van der Waals surface area contributed by atoms with Gasteiger partial charge in [0.15, 0.2) is 5.58 Å². The average molecular weight is 453 g/mol. The molecule has 0 aliphatic carbocycles. The van der Waals surface area contributed by atoms with Crippen LogP contribution in [0.4, 0.5) is 6.01 Å². The highest BCUT2D eigenvalue weighted by atomic mass is 16.4. The SMILES string of the molecule is NC(=Nc1nc2ccccc2o1)NC(=O)[C@@H](Cc1ccccc1)N1C(=O)c2ccccc2C1=O. The first-order chi connectivity index (χ1) is 16.5. The molecule has 168 valence electrons. The Balaban J connectivity index is 1.43. The number of imide groups is 1. The molecule has 3 aromatic carbocycles. The fraction of sp³-hybridized carbons (Fsp3) is 0.0800. The fourth-order valence-corrected chi connectivity index (χ4v) is 3.88. The molecule has 0 unspecified atom stereocenters. The minimum atomic E-state index is -1.15. The van der Waals surface area contributed by atoms with E-state index in [1.165, 1.54) is 0 Å². The van der Waals surface area contributed by atoms with Crippen LogP contribution in [0.3, 0.4) is 0 Å². The van der Waals surface area contributed by atoms with Crippen molar-refractivity contribution in [2.45, 2.75) is 12.5 Å². The van der Waals surface area contributed by atoms with Gasteiger partial charge in [0, 0.05) is 6.42 Å². The number of aromatic nitrogens is 1. The molecular weight excluding hydrogens is 434 g/mol. The first kappa shape index (κ1) is 21.1. The highest BCUT2D eigenvalue weighted by Gasteiger charge is 2.42. The van der Waals surface area contributed by atoms with Crippen LogP contribution < -0.4 is 11.1 Å². The Kier molecular flexibility index (Phi) is 5.35. The second-order valence-corrected chi connectivity index (χ2v) is 7.68. The van der Waals surface area contributed by atoms with Crippen molar-refractivity contribution in [2.75, 3.05) is 0 Å². The molecule has 0 saturated carbocycles. The minimum absolute atomic E-state index is 0.0284. The zero-order chi connectivity index (χ0) is 23.7. The van der Waals surface area contributed by atoms with Gasteiger partial charge in [-0.2, -0.15) is 9.98 Å². The summed E-state index contributed by atoms with van der Waals surface area (Å²) in [6, 6.07) is 21.5. The van der Waals surface area contributed by atoms with Crippen LogP contribution in [0.25, 0.3) is 11.1 Å². The third-order valence-electron chi connectivity index (χ3n) is 5.46. The molecule has 5 rings (SSSR count). The van der Waals surface area contributed by atoms with Crippen LogP contribution in [-0.2, 0) is 11.2 Å². The summed E-state index contributed by atoms with van der Waals surface area (Å²) < 4.78 is 5.50. The molecule has 9 heteroatoms. The number of fused-ring (bicyclic) bond motifs is 2. The summed E-state index contributed by atoms with van der Waals surface area (Å²) in [4.78, 5) is 48.6. The van der Waals surface area contributed by atoms with Crippen molar-refractivity contribution >= 4 is 40.8 Å². The maximum atomic E-state index is 13.3. The first-order valence-electron chi connectivity index (χ1n) is 10.5. The summed E-state index contributed by atoms with van der Waals surface area (Å²) in [5.74, 6) is -2.00. The van der Waals surface area contributed by atoms with E-state index in [-0.39, 0.29) is 29.5 Å². The number of para-hydroxylation sites is 2. The monoisotopic (exact) mass is 453 g/mol. The van der Waals surface area contributed by atoms with Gasteiger partial charge in [0.2, 0.25) is 11.9 Å². The number of hydrogen-bond donors (Lipinski definition) is 2. The molecule has 1 aromatic heterocycles. The Bertz CT molecular complexity index is 1380. The van der Waals surface area contributed by atoms with Gasteiger partial charge in [-0.25, -0.2) is 0 Å². The molecule has 1 aliphatic heterocycles. The summed E-state index contributed by atoms with van der Waals surface area (Å²) in [5.41, 5.74) is 8.34. The van der Waals surface area contributed by atoms with E-state index in [0.717, 1.165) is 10.5 Å². The number of carbonyl (C=O) groups is 3. The van der Waals surface area contributed by atoms with E-state index in [9.17, 15) is 14.4 Å². The second kappa shape index (κ2) is 8.62. The maximum Gasteiger partial charge on any atom is 0.325 e. The van der Waals surface area contributed by atoms with Crippen molar-refractivity contribution in [2.24, 2.45) is 10.7 Å². The van der Waals surface area contributed by atoms with E-state index in [1.807, 2.05) is 30.3 Å². The largest absolute Gasteiger partial charge is 0.422 e. The van der Waals surface area contributed by atoms with Crippen LogP contribution in [0.5, 0.6) is 0 Å². The standard InChI is InChI=1S/C25H19N5O4/c26-24(29-25-27-18-12-6-7-13-20(18)34-25)28-21(31)19(14-15-8-2-1-3-9-15)30-22(32)16-10-4-5-11-17(16)23(30)33/h1-13,19H,14H2,(H3,26,27,28,29,31)/t19-/m1/s1. The molecule has 0 saturated heterocycles. The van der Waals surface area contributed by atoms with E-state index in [4.69, 9.17) is 10.2 Å². The Morgan fingerprint density at radius 3 is 2.24 bits per heavy atom. The fourth-order valence-electron chi connectivity index (χ4n) is 3.88. The van der Waals surface area contributed by atoms with Gasteiger partial charge in [0.1, 0.15) is 11.6 Å². The highest BCUT2D eigenvalue weighted by Crippen LogP contribution is 2.26. The van der Waals surface area contributed by atoms with Crippen molar-refractivity contribution in [3.63, 3.8) is 0 Å². The zero-order valence-corrected chi connectivity index (χ0v) is 17.8. The molecule has 1 atom stereocenters. The summed E-state index contributed by atoms with van der Waals surface area (Å²) in [6.45, 7) is 0. The molecule has 1 aliphatic rings. The van der Waals surface area contributed by atoms with Gasteiger partial charge in [-0.3, -0.25) is 24.6 Å². The molecule has 4 aromatic rings. The van der Waals surface area contributed by atoms with Crippen LogP contribution in [0.15, 0.2) is 88.3 Å². The number of nitrogens with zero attached hydrogens (tertiary/aromatic N) is 3. The van der Waals surface area contributed by atoms with Crippen molar-refractivity contribution in [3.8, 4) is 0 Å². The van der Waals surface area contributed by atoms with Crippen LogP contribution in [0.2, 0.25) is 0 Å². The number of amides is 3. The minimum Gasteiger partial charge on any atom is -0.422 e. The van der Waals surface area contributed by atoms with E-state index in [0.29, 0.717) is 11.1 Å². The molecule has 3 N–H and O–H groups in total. The molecule has 0 fully saturated rings.